The standard InChI is InChI=1S/C9H7BrFN3/c10-9-2-1-8(11)3-7(9)4-14-6-12-5-13-14/h1-3,5-6H,4H2. The van der Waals surface area contributed by atoms with E-state index >= 15 is 0 Å². The molecule has 0 aliphatic rings. The van der Waals surface area contributed by atoms with E-state index in [1.54, 1.807) is 17.1 Å². The van der Waals surface area contributed by atoms with Crippen LogP contribution in [0.25, 0.3) is 0 Å². The van der Waals surface area contributed by atoms with Crippen LogP contribution in [0.1, 0.15) is 5.56 Å². The average molecular weight is 256 g/mol. The summed E-state index contributed by atoms with van der Waals surface area (Å²) in [5, 5.41) is 3.94. The Kier molecular flexibility index (Phi) is 2.58. The van der Waals surface area contributed by atoms with Crippen LogP contribution in [0.2, 0.25) is 0 Å². The molecule has 0 radical (unpaired) electrons. The van der Waals surface area contributed by atoms with Crippen LogP contribution in [0.4, 0.5) is 4.39 Å². The zero-order valence-electron chi connectivity index (χ0n) is 7.19. The predicted octanol–water partition coefficient (Wildman–Crippen LogP) is 2.23. The normalized spacial score (nSPS) is 10.4. The van der Waals surface area contributed by atoms with Crippen molar-refractivity contribution in [1.29, 1.82) is 0 Å². The van der Waals surface area contributed by atoms with Gasteiger partial charge in [0.15, 0.2) is 0 Å². The van der Waals surface area contributed by atoms with E-state index in [1.807, 2.05) is 0 Å². The molecule has 2 aromatic rings. The number of halogens is 2. The summed E-state index contributed by atoms with van der Waals surface area (Å²) >= 11 is 3.35. The van der Waals surface area contributed by atoms with Crippen molar-refractivity contribution in [2.45, 2.75) is 6.54 Å². The van der Waals surface area contributed by atoms with Crippen molar-refractivity contribution in [3.63, 3.8) is 0 Å². The molecule has 3 nitrogen and oxygen atoms in total. The van der Waals surface area contributed by atoms with Crippen molar-refractivity contribution in [1.82, 2.24) is 14.8 Å². The maximum absolute atomic E-state index is 12.9. The third kappa shape index (κ3) is 1.98. The Morgan fingerprint density at radius 1 is 1.43 bits per heavy atom. The summed E-state index contributed by atoms with van der Waals surface area (Å²) in [6, 6.07) is 4.57. The van der Waals surface area contributed by atoms with Gasteiger partial charge in [-0.1, -0.05) is 15.9 Å². The van der Waals surface area contributed by atoms with E-state index in [0.29, 0.717) is 6.54 Å². The molecule has 1 heterocycles. The molecule has 0 atom stereocenters. The number of nitrogens with zero attached hydrogens (tertiary/aromatic N) is 3. The second-order valence-corrected chi connectivity index (χ2v) is 3.68. The molecule has 0 amide bonds. The van der Waals surface area contributed by atoms with Gasteiger partial charge in [0.05, 0.1) is 6.54 Å². The zero-order valence-corrected chi connectivity index (χ0v) is 8.78. The minimum Gasteiger partial charge on any atom is -0.249 e. The molecule has 1 aromatic heterocycles. The second kappa shape index (κ2) is 3.88. The molecule has 0 aliphatic carbocycles. The molecule has 0 unspecified atom stereocenters. The third-order valence-electron chi connectivity index (χ3n) is 1.81. The van der Waals surface area contributed by atoms with E-state index in [0.717, 1.165) is 10.0 Å². The molecule has 0 bridgehead atoms. The lowest BCUT2D eigenvalue weighted by Crippen LogP contribution is -2.01. The first kappa shape index (κ1) is 9.33. The van der Waals surface area contributed by atoms with Gasteiger partial charge in [-0.2, -0.15) is 5.10 Å². The molecule has 14 heavy (non-hydrogen) atoms. The minimum atomic E-state index is -0.247. The van der Waals surface area contributed by atoms with E-state index < -0.39 is 0 Å². The topological polar surface area (TPSA) is 30.7 Å². The fraction of sp³-hybridized carbons (Fsp3) is 0.111. The van der Waals surface area contributed by atoms with Gasteiger partial charge in [-0.3, -0.25) is 0 Å². The van der Waals surface area contributed by atoms with Crippen molar-refractivity contribution in [2.75, 3.05) is 0 Å². The van der Waals surface area contributed by atoms with Gasteiger partial charge in [-0.25, -0.2) is 14.1 Å². The highest BCUT2D eigenvalue weighted by Gasteiger charge is 2.02. The Balaban J connectivity index is 2.28. The number of hydrogen-bond acceptors (Lipinski definition) is 2. The van der Waals surface area contributed by atoms with Crippen molar-refractivity contribution < 1.29 is 4.39 Å². The largest absolute Gasteiger partial charge is 0.249 e. The SMILES string of the molecule is Fc1ccc(Br)c(Cn2cncn2)c1. The maximum atomic E-state index is 12.9. The van der Waals surface area contributed by atoms with Gasteiger partial charge >= 0.3 is 0 Å². The van der Waals surface area contributed by atoms with Gasteiger partial charge in [0.2, 0.25) is 0 Å². The fourth-order valence-electron chi connectivity index (χ4n) is 1.15. The first-order valence-electron chi connectivity index (χ1n) is 4.02. The summed E-state index contributed by atoms with van der Waals surface area (Å²) in [4.78, 5) is 3.81. The fourth-order valence-corrected chi connectivity index (χ4v) is 1.53. The number of hydrogen-bond donors (Lipinski definition) is 0. The van der Waals surface area contributed by atoms with Gasteiger partial charge in [0.25, 0.3) is 0 Å². The molecule has 1 aromatic carbocycles. The van der Waals surface area contributed by atoms with Crippen LogP contribution in [0.5, 0.6) is 0 Å². The third-order valence-corrected chi connectivity index (χ3v) is 2.58. The van der Waals surface area contributed by atoms with E-state index in [1.165, 1.54) is 18.5 Å². The summed E-state index contributed by atoms with van der Waals surface area (Å²) < 4.78 is 15.4. The Hall–Kier alpha value is -1.23. The molecule has 0 aliphatic heterocycles. The summed E-state index contributed by atoms with van der Waals surface area (Å²) in [6.45, 7) is 0.512. The summed E-state index contributed by atoms with van der Waals surface area (Å²) in [7, 11) is 0. The Bertz CT molecular complexity index is 428. The van der Waals surface area contributed by atoms with Gasteiger partial charge in [0.1, 0.15) is 18.5 Å². The second-order valence-electron chi connectivity index (χ2n) is 2.83. The van der Waals surface area contributed by atoms with E-state index in [2.05, 4.69) is 26.0 Å². The molecule has 0 spiro atoms. The molecule has 72 valence electrons. The highest BCUT2D eigenvalue weighted by molar-refractivity contribution is 9.10. The van der Waals surface area contributed by atoms with E-state index in [9.17, 15) is 4.39 Å². The van der Waals surface area contributed by atoms with Gasteiger partial charge in [0, 0.05) is 4.47 Å². The predicted molar refractivity (Wildman–Crippen MR) is 53.2 cm³/mol. The molecule has 2 rings (SSSR count). The minimum absolute atomic E-state index is 0.247. The van der Waals surface area contributed by atoms with Crippen molar-refractivity contribution in [2.24, 2.45) is 0 Å². The van der Waals surface area contributed by atoms with Crippen LogP contribution in [-0.4, -0.2) is 14.8 Å². The lowest BCUT2D eigenvalue weighted by atomic mass is 10.2. The Morgan fingerprint density at radius 3 is 3.00 bits per heavy atom. The molecule has 0 fully saturated rings. The van der Waals surface area contributed by atoms with Gasteiger partial charge in [-0.05, 0) is 23.8 Å². The highest BCUT2D eigenvalue weighted by Crippen LogP contribution is 2.18. The number of aromatic nitrogens is 3. The quantitative estimate of drug-likeness (QED) is 0.824. The first-order valence-corrected chi connectivity index (χ1v) is 4.81. The van der Waals surface area contributed by atoms with Crippen LogP contribution in [0.3, 0.4) is 0 Å². The number of rotatable bonds is 2. The lowest BCUT2D eigenvalue weighted by Gasteiger charge is -2.03. The van der Waals surface area contributed by atoms with E-state index in [-0.39, 0.29) is 5.82 Å². The van der Waals surface area contributed by atoms with Crippen LogP contribution in [-0.2, 0) is 6.54 Å². The summed E-state index contributed by atoms with van der Waals surface area (Å²) in [6.07, 6.45) is 3.05. The number of benzene rings is 1. The molecular formula is C9H7BrFN3. The lowest BCUT2D eigenvalue weighted by molar-refractivity contribution is 0.618. The van der Waals surface area contributed by atoms with Gasteiger partial charge in [-0.15, -0.1) is 0 Å². The highest BCUT2D eigenvalue weighted by atomic mass is 79.9. The maximum Gasteiger partial charge on any atom is 0.137 e. The first-order chi connectivity index (χ1) is 6.75. The van der Waals surface area contributed by atoms with E-state index in [4.69, 9.17) is 0 Å². The smallest absolute Gasteiger partial charge is 0.137 e. The van der Waals surface area contributed by atoms with Gasteiger partial charge < -0.3 is 0 Å². The molecule has 5 heteroatoms. The van der Waals surface area contributed by atoms with Crippen molar-refractivity contribution >= 4 is 15.9 Å². The average Bonchev–Trinajstić information content (AvgIpc) is 2.64. The van der Waals surface area contributed by atoms with Crippen molar-refractivity contribution in [3.05, 3.63) is 46.7 Å². The zero-order chi connectivity index (χ0) is 9.97. The Morgan fingerprint density at radius 2 is 2.29 bits per heavy atom. The summed E-state index contributed by atoms with van der Waals surface area (Å²) in [5.74, 6) is -0.247. The monoisotopic (exact) mass is 255 g/mol. The Labute approximate surface area is 88.7 Å². The van der Waals surface area contributed by atoms with Crippen molar-refractivity contribution in [3.8, 4) is 0 Å². The molecular weight excluding hydrogens is 249 g/mol. The molecule has 0 N–H and O–H groups in total. The van der Waals surface area contributed by atoms with Crippen LogP contribution >= 0.6 is 15.9 Å². The molecule has 0 saturated heterocycles. The molecule has 0 saturated carbocycles. The van der Waals surface area contributed by atoms with Crippen LogP contribution in [0.15, 0.2) is 35.3 Å². The van der Waals surface area contributed by atoms with Crippen LogP contribution < -0.4 is 0 Å². The van der Waals surface area contributed by atoms with Crippen LogP contribution in [0, 0.1) is 5.82 Å². The summed E-state index contributed by atoms with van der Waals surface area (Å²) in [5.41, 5.74) is 0.843.